The number of halogens is 1. The molecule has 21 heavy (non-hydrogen) atoms. The van der Waals surface area contributed by atoms with Crippen LogP contribution in [0.1, 0.15) is 17.2 Å². The number of para-hydroxylation sites is 1. The van der Waals surface area contributed by atoms with Crippen LogP contribution in [0.25, 0.3) is 0 Å². The molecule has 0 fully saturated rings. The summed E-state index contributed by atoms with van der Waals surface area (Å²) in [7, 11) is 0. The second-order valence-corrected chi connectivity index (χ2v) is 5.43. The maximum atomic E-state index is 12.1. The highest BCUT2D eigenvalue weighted by atomic mass is 35.5. The smallest absolute Gasteiger partial charge is 0.319 e. The molecule has 3 rings (SSSR count). The van der Waals surface area contributed by atoms with Gasteiger partial charge in [-0.15, -0.1) is 0 Å². The summed E-state index contributed by atoms with van der Waals surface area (Å²) < 4.78 is 0. The molecule has 2 aromatic rings. The van der Waals surface area contributed by atoms with Gasteiger partial charge in [-0.05, 0) is 23.3 Å². The zero-order chi connectivity index (χ0) is 14.8. The quantitative estimate of drug-likeness (QED) is 0.798. The van der Waals surface area contributed by atoms with E-state index in [0.29, 0.717) is 17.1 Å². The van der Waals surface area contributed by atoms with E-state index in [1.54, 1.807) is 24.3 Å². The predicted octanol–water partition coefficient (Wildman–Crippen LogP) is 3.12. The van der Waals surface area contributed by atoms with Gasteiger partial charge < -0.3 is 15.7 Å². The molecule has 0 saturated carbocycles. The summed E-state index contributed by atoms with van der Waals surface area (Å²) in [6.07, 6.45) is -0.0628. The number of amides is 2. The van der Waals surface area contributed by atoms with E-state index in [2.05, 4.69) is 10.6 Å². The molecule has 0 aliphatic heterocycles. The third-order valence-corrected chi connectivity index (χ3v) is 3.94. The molecular weight excluding hydrogens is 288 g/mol. The van der Waals surface area contributed by atoms with Crippen LogP contribution >= 0.6 is 11.6 Å². The van der Waals surface area contributed by atoms with Crippen molar-refractivity contribution in [3.8, 4) is 0 Å². The number of aliphatic hydroxyl groups is 1. The Bertz CT molecular complexity index is 675. The van der Waals surface area contributed by atoms with Gasteiger partial charge in [0.25, 0.3) is 0 Å². The fraction of sp³-hybridized carbons (Fsp3) is 0.188. The van der Waals surface area contributed by atoms with Gasteiger partial charge in [0.15, 0.2) is 0 Å². The molecule has 2 aromatic carbocycles. The van der Waals surface area contributed by atoms with E-state index in [-0.39, 0.29) is 6.03 Å². The number of carbonyl (C=O) groups is 1. The highest BCUT2D eigenvalue weighted by Crippen LogP contribution is 2.31. The molecule has 0 bridgehead atoms. The zero-order valence-corrected chi connectivity index (χ0v) is 12.0. The largest absolute Gasteiger partial charge is 0.390 e. The van der Waals surface area contributed by atoms with Crippen LogP contribution in [0, 0.1) is 0 Å². The van der Waals surface area contributed by atoms with E-state index < -0.39 is 12.1 Å². The van der Waals surface area contributed by atoms with Gasteiger partial charge >= 0.3 is 6.03 Å². The number of urea groups is 1. The number of carbonyl (C=O) groups excluding carboxylic acids is 1. The number of nitrogens with one attached hydrogen (secondary N) is 2. The highest BCUT2D eigenvalue weighted by Gasteiger charge is 2.31. The summed E-state index contributed by atoms with van der Waals surface area (Å²) in [6, 6.07) is 13.9. The van der Waals surface area contributed by atoms with Crippen molar-refractivity contribution in [2.45, 2.75) is 18.6 Å². The first kappa shape index (κ1) is 13.9. The topological polar surface area (TPSA) is 61.4 Å². The molecular formula is C16H15ClN2O2. The van der Waals surface area contributed by atoms with Gasteiger partial charge in [0, 0.05) is 6.42 Å². The molecule has 0 heterocycles. The minimum atomic E-state index is -0.612. The van der Waals surface area contributed by atoms with Crippen LogP contribution < -0.4 is 10.6 Å². The van der Waals surface area contributed by atoms with E-state index in [4.69, 9.17) is 11.6 Å². The van der Waals surface area contributed by atoms with Gasteiger partial charge in [-0.1, -0.05) is 48.0 Å². The Morgan fingerprint density at radius 1 is 1.14 bits per heavy atom. The summed E-state index contributed by atoms with van der Waals surface area (Å²) >= 11 is 6.00. The predicted molar refractivity (Wildman–Crippen MR) is 82.5 cm³/mol. The van der Waals surface area contributed by atoms with Crippen LogP contribution in [0.3, 0.4) is 0 Å². The highest BCUT2D eigenvalue weighted by molar-refractivity contribution is 6.33. The Hall–Kier alpha value is -2.04. The average Bonchev–Trinajstić information content (AvgIpc) is 2.78. The van der Waals surface area contributed by atoms with Crippen LogP contribution in [0.2, 0.25) is 5.02 Å². The van der Waals surface area contributed by atoms with Crippen molar-refractivity contribution in [3.63, 3.8) is 0 Å². The van der Waals surface area contributed by atoms with Gasteiger partial charge in [-0.2, -0.15) is 0 Å². The molecule has 0 spiro atoms. The SMILES string of the molecule is O=C(Nc1ccccc1Cl)NC1c2ccccc2CC1O. The van der Waals surface area contributed by atoms with Crippen molar-refractivity contribution in [2.24, 2.45) is 0 Å². The van der Waals surface area contributed by atoms with Gasteiger partial charge in [0.2, 0.25) is 0 Å². The maximum absolute atomic E-state index is 12.1. The monoisotopic (exact) mass is 302 g/mol. The molecule has 0 saturated heterocycles. The second-order valence-electron chi connectivity index (χ2n) is 5.03. The number of aliphatic hydroxyl groups excluding tert-OH is 1. The van der Waals surface area contributed by atoms with Crippen LogP contribution in [0.4, 0.5) is 10.5 Å². The van der Waals surface area contributed by atoms with Crippen LogP contribution in [-0.4, -0.2) is 17.2 Å². The van der Waals surface area contributed by atoms with Crippen molar-refractivity contribution in [3.05, 3.63) is 64.7 Å². The standard InChI is InChI=1S/C16H15ClN2O2/c17-12-7-3-4-8-13(12)18-16(21)19-15-11-6-2-1-5-10(11)9-14(15)20/h1-8,14-15,20H,9H2,(H2,18,19,21). The molecule has 3 N–H and O–H groups in total. The summed E-state index contributed by atoms with van der Waals surface area (Å²) in [6.45, 7) is 0. The van der Waals surface area contributed by atoms with E-state index in [1.807, 2.05) is 24.3 Å². The van der Waals surface area contributed by atoms with Gasteiger partial charge in [0.1, 0.15) is 0 Å². The van der Waals surface area contributed by atoms with Gasteiger partial charge in [-0.25, -0.2) is 4.79 Å². The third kappa shape index (κ3) is 2.86. The lowest BCUT2D eigenvalue weighted by Crippen LogP contribution is -2.36. The minimum absolute atomic E-state index is 0.385. The molecule has 4 nitrogen and oxygen atoms in total. The van der Waals surface area contributed by atoms with Gasteiger partial charge in [-0.3, -0.25) is 0 Å². The summed E-state index contributed by atoms with van der Waals surface area (Å²) in [5.74, 6) is 0. The maximum Gasteiger partial charge on any atom is 0.319 e. The van der Waals surface area contributed by atoms with E-state index >= 15 is 0 Å². The molecule has 5 heteroatoms. The molecule has 108 valence electrons. The fourth-order valence-corrected chi connectivity index (χ4v) is 2.79. The molecule has 2 amide bonds. The van der Waals surface area contributed by atoms with Crippen molar-refractivity contribution in [2.75, 3.05) is 5.32 Å². The first-order valence-electron chi connectivity index (χ1n) is 6.73. The molecule has 2 atom stereocenters. The zero-order valence-electron chi connectivity index (χ0n) is 11.2. The lowest BCUT2D eigenvalue weighted by molar-refractivity contribution is 0.144. The molecule has 0 aromatic heterocycles. The number of anilines is 1. The first-order chi connectivity index (χ1) is 10.1. The van der Waals surface area contributed by atoms with E-state index in [0.717, 1.165) is 11.1 Å². The fourth-order valence-electron chi connectivity index (χ4n) is 2.61. The molecule has 2 unspecified atom stereocenters. The summed E-state index contributed by atoms with van der Waals surface area (Å²) in [4.78, 5) is 12.1. The number of hydrogen-bond donors (Lipinski definition) is 3. The second kappa shape index (κ2) is 5.76. The number of benzene rings is 2. The minimum Gasteiger partial charge on any atom is -0.390 e. The van der Waals surface area contributed by atoms with Crippen molar-refractivity contribution in [1.29, 1.82) is 0 Å². The number of hydrogen-bond acceptors (Lipinski definition) is 2. The lowest BCUT2D eigenvalue weighted by atomic mass is 10.1. The Balaban J connectivity index is 1.72. The Morgan fingerprint density at radius 2 is 1.86 bits per heavy atom. The van der Waals surface area contributed by atoms with E-state index in [9.17, 15) is 9.90 Å². The number of rotatable bonds is 2. The van der Waals surface area contributed by atoms with Crippen LogP contribution in [0.15, 0.2) is 48.5 Å². The molecule has 1 aliphatic carbocycles. The van der Waals surface area contributed by atoms with Crippen molar-refractivity contribution in [1.82, 2.24) is 5.32 Å². The Kier molecular flexibility index (Phi) is 3.82. The Morgan fingerprint density at radius 3 is 2.67 bits per heavy atom. The third-order valence-electron chi connectivity index (χ3n) is 3.61. The van der Waals surface area contributed by atoms with Crippen LogP contribution in [0.5, 0.6) is 0 Å². The van der Waals surface area contributed by atoms with Gasteiger partial charge in [0.05, 0.1) is 22.9 Å². The molecule has 0 radical (unpaired) electrons. The number of fused-ring (bicyclic) bond motifs is 1. The normalized spacial score (nSPS) is 19.9. The summed E-state index contributed by atoms with van der Waals surface area (Å²) in [5.41, 5.74) is 2.56. The Labute approximate surface area is 127 Å². The molecule has 1 aliphatic rings. The first-order valence-corrected chi connectivity index (χ1v) is 7.11. The average molecular weight is 303 g/mol. The lowest BCUT2D eigenvalue weighted by Gasteiger charge is -2.18. The van der Waals surface area contributed by atoms with Crippen molar-refractivity contribution < 1.29 is 9.90 Å². The van der Waals surface area contributed by atoms with Crippen molar-refractivity contribution >= 4 is 23.3 Å². The summed E-state index contributed by atoms with van der Waals surface area (Å²) in [5, 5.41) is 16.1. The van der Waals surface area contributed by atoms with E-state index in [1.165, 1.54) is 0 Å². The van der Waals surface area contributed by atoms with Crippen LogP contribution in [-0.2, 0) is 6.42 Å².